The number of carbonyl (C=O) groups is 1. The van der Waals surface area contributed by atoms with Crippen LogP contribution in [0.3, 0.4) is 0 Å². The van der Waals surface area contributed by atoms with Crippen molar-refractivity contribution in [3.63, 3.8) is 0 Å². The standard InChI is InChI=1S/C15H28N2O/c1-5-17(6-2)14(18)16-13-11-7-9-12(10-8-11)15(13,3)4/h11-13H,5-10H2,1-4H3,(H,16,18)/t11?,12?,13-/m1/s1. The summed E-state index contributed by atoms with van der Waals surface area (Å²) in [6.45, 7) is 10.4. The fourth-order valence-corrected chi connectivity index (χ4v) is 4.10. The SMILES string of the molecule is CCN(CC)C(=O)N[C@@H]1C2CCC(CC2)C1(C)C. The van der Waals surface area contributed by atoms with E-state index in [-0.39, 0.29) is 11.4 Å². The number of urea groups is 1. The molecule has 0 unspecified atom stereocenters. The molecule has 0 radical (unpaired) electrons. The van der Waals surface area contributed by atoms with E-state index in [1.807, 2.05) is 18.7 Å². The van der Waals surface area contributed by atoms with E-state index in [1.165, 1.54) is 25.7 Å². The number of hydrogen-bond acceptors (Lipinski definition) is 1. The minimum atomic E-state index is 0.130. The number of nitrogens with one attached hydrogen (secondary N) is 1. The third-order valence-electron chi connectivity index (χ3n) is 5.43. The van der Waals surface area contributed by atoms with Crippen LogP contribution in [0.25, 0.3) is 0 Å². The highest BCUT2D eigenvalue weighted by atomic mass is 16.2. The van der Waals surface area contributed by atoms with E-state index >= 15 is 0 Å². The summed E-state index contributed by atoms with van der Waals surface area (Å²) in [6.07, 6.45) is 5.32. The fourth-order valence-electron chi connectivity index (χ4n) is 4.10. The van der Waals surface area contributed by atoms with Crippen LogP contribution in [-0.2, 0) is 0 Å². The maximum Gasteiger partial charge on any atom is 0.317 e. The first-order chi connectivity index (χ1) is 8.50. The third kappa shape index (κ3) is 2.24. The van der Waals surface area contributed by atoms with Gasteiger partial charge in [-0.1, -0.05) is 13.8 Å². The second-order valence-corrected chi connectivity index (χ2v) is 6.53. The normalized spacial score (nSPS) is 33.2. The molecule has 104 valence electrons. The topological polar surface area (TPSA) is 32.3 Å². The molecule has 3 saturated carbocycles. The van der Waals surface area contributed by atoms with Crippen LogP contribution in [-0.4, -0.2) is 30.1 Å². The summed E-state index contributed by atoms with van der Waals surface area (Å²) in [5.74, 6) is 1.49. The molecule has 2 bridgehead atoms. The molecule has 3 nitrogen and oxygen atoms in total. The Kier molecular flexibility index (Phi) is 3.88. The highest BCUT2D eigenvalue weighted by Gasteiger charge is 2.49. The van der Waals surface area contributed by atoms with E-state index in [2.05, 4.69) is 19.2 Å². The minimum absolute atomic E-state index is 0.130. The van der Waals surface area contributed by atoms with Crippen molar-refractivity contribution in [1.82, 2.24) is 10.2 Å². The summed E-state index contributed by atoms with van der Waals surface area (Å²) in [5, 5.41) is 3.33. The van der Waals surface area contributed by atoms with Crippen LogP contribution in [0.4, 0.5) is 4.79 Å². The van der Waals surface area contributed by atoms with Gasteiger partial charge in [0.25, 0.3) is 0 Å². The van der Waals surface area contributed by atoms with Gasteiger partial charge in [0.1, 0.15) is 0 Å². The van der Waals surface area contributed by atoms with Crippen LogP contribution in [0.5, 0.6) is 0 Å². The molecule has 3 aliphatic carbocycles. The molecule has 0 aromatic carbocycles. The number of fused-ring (bicyclic) bond motifs is 3. The average molecular weight is 252 g/mol. The Balaban J connectivity index is 2.06. The highest BCUT2D eigenvalue weighted by molar-refractivity contribution is 5.74. The number of nitrogens with zero attached hydrogens (tertiary/aromatic N) is 1. The zero-order valence-corrected chi connectivity index (χ0v) is 12.3. The van der Waals surface area contributed by atoms with Gasteiger partial charge in [0.05, 0.1) is 0 Å². The van der Waals surface area contributed by atoms with Crippen molar-refractivity contribution in [2.24, 2.45) is 17.3 Å². The summed E-state index contributed by atoms with van der Waals surface area (Å²) < 4.78 is 0. The maximum atomic E-state index is 12.3. The van der Waals surface area contributed by atoms with E-state index in [1.54, 1.807) is 0 Å². The van der Waals surface area contributed by atoms with Gasteiger partial charge in [-0.15, -0.1) is 0 Å². The molecule has 3 heteroatoms. The Morgan fingerprint density at radius 1 is 1.17 bits per heavy atom. The fraction of sp³-hybridized carbons (Fsp3) is 0.933. The number of amides is 2. The van der Waals surface area contributed by atoms with Gasteiger partial charge in [-0.3, -0.25) is 0 Å². The van der Waals surface area contributed by atoms with E-state index in [0.29, 0.717) is 12.0 Å². The maximum absolute atomic E-state index is 12.3. The molecule has 0 heterocycles. The first-order valence-electron chi connectivity index (χ1n) is 7.56. The quantitative estimate of drug-likeness (QED) is 0.821. The zero-order chi connectivity index (χ0) is 13.3. The van der Waals surface area contributed by atoms with Gasteiger partial charge in [0.15, 0.2) is 0 Å². The highest BCUT2D eigenvalue weighted by Crippen LogP contribution is 2.52. The predicted molar refractivity (Wildman–Crippen MR) is 74.5 cm³/mol. The van der Waals surface area contributed by atoms with Gasteiger partial charge in [-0.25, -0.2) is 4.79 Å². The van der Waals surface area contributed by atoms with Crippen molar-refractivity contribution >= 4 is 6.03 Å². The van der Waals surface area contributed by atoms with Crippen molar-refractivity contribution in [2.75, 3.05) is 13.1 Å². The van der Waals surface area contributed by atoms with Gasteiger partial charge in [-0.05, 0) is 56.8 Å². The lowest BCUT2D eigenvalue weighted by Gasteiger charge is -2.54. The third-order valence-corrected chi connectivity index (χ3v) is 5.43. The minimum Gasteiger partial charge on any atom is -0.334 e. The molecule has 18 heavy (non-hydrogen) atoms. The lowest BCUT2D eigenvalue weighted by Crippen LogP contribution is -2.60. The molecule has 0 aromatic heterocycles. The number of hydrogen-bond donors (Lipinski definition) is 1. The second kappa shape index (κ2) is 5.10. The molecule has 0 aliphatic heterocycles. The van der Waals surface area contributed by atoms with Crippen LogP contribution in [0.2, 0.25) is 0 Å². The molecular formula is C15H28N2O. The van der Waals surface area contributed by atoms with Crippen LogP contribution in [0.1, 0.15) is 53.4 Å². The Bertz CT molecular complexity index is 302. The lowest BCUT2D eigenvalue weighted by molar-refractivity contribution is -0.00972. The summed E-state index contributed by atoms with van der Waals surface area (Å²) in [7, 11) is 0. The van der Waals surface area contributed by atoms with Crippen molar-refractivity contribution in [2.45, 2.75) is 59.4 Å². The lowest BCUT2D eigenvalue weighted by atomic mass is 9.54. The van der Waals surface area contributed by atoms with Gasteiger partial charge in [0, 0.05) is 19.1 Å². The molecule has 3 rings (SSSR count). The van der Waals surface area contributed by atoms with Gasteiger partial charge >= 0.3 is 6.03 Å². The molecule has 2 amide bonds. The van der Waals surface area contributed by atoms with Gasteiger partial charge in [-0.2, -0.15) is 0 Å². The molecule has 1 atom stereocenters. The number of rotatable bonds is 3. The van der Waals surface area contributed by atoms with Crippen LogP contribution in [0.15, 0.2) is 0 Å². The Morgan fingerprint density at radius 3 is 2.17 bits per heavy atom. The summed E-state index contributed by atoms with van der Waals surface area (Å²) in [4.78, 5) is 14.1. The molecule has 3 fully saturated rings. The van der Waals surface area contributed by atoms with Crippen molar-refractivity contribution in [3.05, 3.63) is 0 Å². The van der Waals surface area contributed by atoms with Crippen molar-refractivity contribution in [1.29, 1.82) is 0 Å². The monoisotopic (exact) mass is 252 g/mol. The second-order valence-electron chi connectivity index (χ2n) is 6.53. The van der Waals surface area contributed by atoms with Crippen LogP contribution < -0.4 is 5.32 Å². The molecular weight excluding hydrogens is 224 g/mol. The molecule has 0 saturated heterocycles. The summed E-state index contributed by atoms with van der Waals surface area (Å²) in [5.41, 5.74) is 0.268. The van der Waals surface area contributed by atoms with Crippen LogP contribution in [0, 0.1) is 17.3 Å². The summed E-state index contributed by atoms with van der Waals surface area (Å²) in [6, 6.07) is 0.503. The molecule has 3 aliphatic rings. The first kappa shape index (κ1) is 13.7. The van der Waals surface area contributed by atoms with E-state index in [9.17, 15) is 4.79 Å². The Morgan fingerprint density at radius 2 is 1.72 bits per heavy atom. The van der Waals surface area contributed by atoms with Crippen molar-refractivity contribution in [3.8, 4) is 0 Å². The molecule has 0 aromatic rings. The van der Waals surface area contributed by atoms with E-state index in [4.69, 9.17) is 0 Å². The zero-order valence-electron chi connectivity index (χ0n) is 12.3. The Hall–Kier alpha value is -0.730. The smallest absolute Gasteiger partial charge is 0.317 e. The number of carbonyl (C=O) groups excluding carboxylic acids is 1. The van der Waals surface area contributed by atoms with Gasteiger partial charge < -0.3 is 10.2 Å². The first-order valence-corrected chi connectivity index (χ1v) is 7.56. The molecule has 1 N–H and O–H groups in total. The van der Waals surface area contributed by atoms with Crippen molar-refractivity contribution < 1.29 is 4.79 Å². The van der Waals surface area contributed by atoms with Crippen LogP contribution >= 0.6 is 0 Å². The van der Waals surface area contributed by atoms with Gasteiger partial charge in [0.2, 0.25) is 0 Å². The summed E-state index contributed by atoms with van der Waals surface area (Å²) >= 11 is 0. The average Bonchev–Trinajstić information content (AvgIpc) is 2.36. The Labute approximate surface area is 111 Å². The predicted octanol–water partition coefficient (Wildman–Crippen LogP) is 3.25. The molecule has 0 spiro atoms. The van der Waals surface area contributed by atoms with E-state index in [0.717, 1.165) is 19.0 Å². The largest absolute Gasteiger partial charge is 0.334 e. The van der Waals surface area contributed by atoms with E-state index < -0.39 is 0 Å².